The van der Waals surface area contributed by atoms with E-state index in [-0.39, 0.29) is 0 Å². The molecule has 0 spiro atoms. The molecule has 0 aliphatic carbocycles. The van der Waals surface area contributed by atoms with Gasteiger partial charge in [-0.2, -0.15) is 0 Å². The Hall–Kier alpha value is 0.736. The molecule has 0 aromatic carbocycles. The number of hydrogen-bond acceptors (Lipinski definition) is 0. The normalized spacial score (nSPS) is 12.0. The monoisotopic (exact) mass is 154 g/mol. The third kappa shape index (κ3) is 65.4. The van der Waals surface area contributed by atoms with Gasteiger partial charge in [0.15, 0.2) is 0 Å². The van der Waals surface area contributed by atoms with E-state index in [4.69, 9.17) is 0 Å². The maximum atomic E-state index is 2.72. The second kappa shape index (κ2) is 1.46. The van der Waals surface area contributed by atoms with Crippen molar-refractivity contribution in [1.82, 2.24) is 0 Å². The van der Waals surface area contributed by atoms with Gasteiger partial charge in [0, 0.05) is 0 Å². The van der Waals surface area contributed by atoms with Crippen molar-refractivity contribution in [2.75, 3.05) is 0 Å². The maximum absolute atomic E-state index is 2.72. The SMILES string of the molecule is C[Si](C)(C)[SeH]. The van der Waals surface area contributed by atoms with E-state index >= 15 is 0 Å². The molecule has 0 saturated carbocycles. The van der Waals surface area contributed by atoms with Gasteiger partial charge in [0.2, 0.25) is 0 Å². The second-order valence-electron chi connectivity index (χ2n) is 2.17. The van der Waals surface area contributed by atoms with E-state index in [1.54, 1.807) is 0 Å². The van der Waals surface area contributed by atoms with Crippen LogP contribution in [-0.4, -0.2) is 22.1 Å². The molecule has 0 saturated heterocycles. The van der Waals surface area contributed by atoms with Crippen molar-refractivity contribution in [3.63, 3.8) is 0 Å². The van der Waals surface area contributed by atoms with Crippen LogP contribution in [0.3, 0.4) is 0 Å². The molecule has 0 heterocycles. The van der Waals surface area contributed by atoms with Crippen molar-refractivity contribution in [3.8, 4) is 0 Å². The Morgan fingerprint density at radius 3 is 1.20 bits per heavy atom. The Morgan fingerprint density at radius 1 is 1.20 bits per heavy atom. The molecular formula is C3H10SeSi. The Morgan fingerprint density at radius 2 is 1.20 bits per heavy atom. The Labute approximate surface area is 42.2 Å². The molecule has 5 heavy (non-hydrogen) atoms. The van der Waals surface area contributed by atoms with Gasteiger partial charge in [0.1, 0.15) is 0 Å². The van der Waals surface area contributed by atoms with E-state index < -0.39 is 6.68 Å². The molecular weight excluding hydrogens is 143 g/mol. The fourth-order valence-corrected chi connectivity index (χ4v) is 0. The summed E-state index contributed by atoms with van der Waals surface area (Å²) >= 11 is 2.72. The summed E-state index contributed by atoms with van der Waals surface area (Å²) in [5.74, 6) is 0. The van der Waals surface area contributed by atoms with Crippen LogP contribution in [0.15, 0.2) is 0 Å². The van der Waals surface area contributed by atoms with Gasteiger partial charge in [-0.05, 0) is 0 Å². The van der Waals surface area contributed by atoms with Crippen LogP contribution in [0.2, 0.25) is 19.6 Å². The van der Waals surface area contributed by atoms with Gasteiger partial charge in [-0.3, -0.25) is 0 Å². The van der Waals surface area contributed by atoms with Gasteiger partial charge in [-0.25, -0.2) is 0 Å². The molecule has 0 rings (SSSR count). The Balaban J connectivity index is 3.02. The van der Waals surface area contributed by atoms with E-state index in [0.717, 1.165) is 0 Å². The average molecular weight is 153 g/mol. The molecule has 0 aliphatic heterocycles. The van der Waals surface area contributed by atoms with Crippen LogP contribution in [0.25, 0.3) is 0 Å². The summed E-state index contributed by atoms with van der Waals surface area (Å²) in [6.45, 7) is 6.22. The summed E-state index contributed by atoms with van der Waals surface area (Å²) in [5.41, 5.74) is 0. The third-order valence-corrected chi connectivity index (χ3v) is 0. The van der Waals surface area contributed by atoms with Crippen molar-refractivity contribution in [3.05, 3.63) is 0 Å². The Kier molecular flexibility index (Phi) is 1.67. The van der Waals surface area contributed by atoms with Gasteiger partial charge in [-0.15, -0.1) is 0 Å². The van der Waals surface area contributed by atoms with Crippen molar-refractivity contribution >= 4 is 22.1 Å². The Bertz CT molecular complexity index is 22.4. The first-order valence-corrected chi connectivity index (χ1v) is 7.99. The summed E-state index contributed by atoms with van der Waals surface area (Å²) in [6, 6.07) is 0. The topological polar surface area (TPSA) is 0 Å². The molecule has 0 aliphatic rings. The van der Waals surface area contributed by atoms with Crippen LogP contribution in [-0.2, 0) is 0 Å². The number of rotatable bonds is 0. The van der Waals surface area contributed by atoms with Gasteiger partial charge >= 0.3 is 41.7 Å². The molecule has 0 aromatic rings. The summed E-state index contributed by atoms with van der Waals surface area (Å²) in [7, 11) is 0. The van der Waals surface area contributed by atoms with Crippen molar-refractivity contribution in [2.24, 2.45) is 0 Å². The van der Waals surface area contributed by atoms with Crippen LogP contribution >= 0.6 is 0 Å². The van der Waals surface area contributed by atoms with E-state index in [1.165, 1.54) is 0 Å². The van der Waals surface area contributed by atoms with E-state index in [9.17, 15) is 0 Å². The number of hydrogen-bond donors (Lipinski definition) is 0. The van der Waals surface area contributed by atoms with Crippen LogP contribution in [0.5, 0.6) is 0 Å². The first kappa shape index (κ1) is 5.74. The third-order valence-electron chi connectivity index (χ3n) is 0. The van der Waals surface area contributed by atoms with Gasteiger partial charge in [0.25, 0.3) is 0 Å². The zero-order valence-corrected chi connectivity index (χ0v) is 6.82. The first-order chi connectivity index (χ1) is 2.00. The van der Waals surface area contributed by atoms with Crippen molar-refractivity contribution < 1.29 is 0 Å². The summed E-state index contributed by atoms with van der Waals surface area (Å²) < 4.78 is 0. The summed E-state index contributed by atoms with van der Waals surface area (Å²) in [5, 5.41) is 0. The van der Waals surface area contributed by atoms with Crippen LogP contribution in [0.4, 0.5) is 0 Å². The van der Waals surface area contributed by atoms with Crippen molar-refractivity contribution in [1.29, 1.82) is 0 Å². The van der Waals surface area contributed by atoms with E-state index in [0.29, 0.717) is 0 Å². The molecule has 0 aromatic heterocycles. The second-order valence-corrected chi connectivity index (χ2v) is 15.0. The molecule has 0 nitrogen and oxygen atoms in total. The van der Waals surface area contributed by atoms with Crippen LogP contribution in [0, 0.1) is 0 Å². The van der Waals surface area contributed by atoms with E-state index in [2.05, 4.69) is 35.0 Å². The molecule has 0 unspecified atom stereocenters. The zero-order chi connectivity index (χ0) is 4.50. The molecule has 0 radical (unpaired) electrons. The molecule has 0 atom stereocenters. The predicted molar refractivity (Wildman–Crippen MR) is 30.5 cm³/mol. The average Bonchev–Trinajstić information content (AvgIpc) is 0.722. The predicted octanol–water partition coefficient (Wildman–Crippen LogP) is 0.722. The van der Waals surface area contributed by atoms with E-state index in [1.807, 2.05) is 0 Å². The molecule has 32 valence electrons. The molecule has 2 heteroatoms. The molecule has 0 bridgehead atoms. The van der Waals surface area contributed by atoms with Gasteiger partial charge in [0.05, 0.1) is 0 Å². The van der Waals surface area contributed by atoms with Crippen molar-refractivity contribution in [2.45, 2.75) is 19.6 Å². The zero-order valence-electron chi connectivity index (χ0n) is 3.95. The standard InChI is InChI=1S/C3H10SeSi/c1-5(2,3)4/h4H,1-3H3. The fraction of sp³-hybridized carbons (Fsp3) is 1.00. The fourth-order valence-electron chi connectivity index (χ4n) is 0. The van der Waals surface area contributed by atoms with Gasteiger partial charge < -0.3 is 0 Å². The molecule has 0 N–H and O–H groups in total. The first-order valence-electron chi connectivity index (χ1n) is 1.72. The minimum atomic E-state index is -0.674. The summed E-state index contributed by atoms with van der Waals surface area (Å²) in [4.78, 5) is 0. The van der Waals surface area contributed by atoms with Crippen LogP contribution in [0.1, 0.15) is 0 Å². The quantitative estimate of drug-likeness (QED) is 0.450. The van der Waals surface area contributed by atoms with Gasteiger partial charge in [-0.1, -0.05) is 0 Å². The van der Waals surface area contributed by atoms with Crippen LogP contribution < -0.4 is 0 Å². The molecule has 0 fully saturated rings. The summed E-state index contributed by atoms with van der Waals surface area (Å²) in [6.07, 6.45) is 0. The minimum absolute atomic E-state index is 0.674. The molecule has 0 amide bonds.